The molecule has 6 nitrogen and oxygen atoms in total. The molecule has 0 radical (unpaired) electrons. The van der Waals surface area contributed by atoms with Crippen molar-refractivity contribution in [3.8, 4) is 5.75 Å². The summed E-state index contributed by atoms with van der Waals surface area (Å²) >= 11 is 1.65. The van der Waals surface area contributed by atoms with E-state index < -0.39 is 17.4 Å². The van der Waals surface area contributed by atoms with Crippen LogP contribution in [0.3, 0.4) is 0 Å². The van der Waals surface area contributed by atoms with Gasteiger partial charge in [-0.25, -0.2) is 9.18 Å². The number of alkyl halides is 1. The van der Waals surface area contributed by atoms with Gasteiger partial charge in [0.05, 0.1) is 33.4 Å². The summed E-state index contributed by atoms with van der Waals surface area (Å²) in [4.78, 5) is 13.8. The lowest BCUT2D eigenvalue weighted by Gasteiger charge is -2.45. The number of hydrogen-bond acceptors (Lipinski definition) is 6. The van der Waals surface area contributed by atoms with E-state index >= 15 is 4.39 Å². The molecule has 0 spiro atoms. The molecule has 37 heavy (non-hydrogen) atoms. The third-order valence-corrected chi connectivity index (χ3v) is 6.89. The highest BCUT2D eigenvalue weighted by atomic mass is 32.2. The van der Waals surface area contributed by atoms with Crippen molar-refractivity contribution in [2.75, 3.05) is 20.2 Å². The molecule has 204 valence electrons. The maximum Gasteiger partial charge on any atom is 0.410 e. The molecular weight excluding hydrogens is 491 g/mol. The van der Waals surface area contributed by atoms with Crippen LogP contribution in [0.2, 0.25) is 0 Å². The number of benzene rings is 2. The molecule has 0 saturated carbocycles. The van der Waals surface area contributed by atoms with E-state index in [1.807, 2.05) is 36.4 Å². The maximum atomic E-state index is 16.0. The highest BCUT2D eigenvalue weighted by molar-refractivity contribution is 7.98. The number of carbonyl (C=O) groups is 1. The Hall–Kier alpha value is -2.29. The minimum atomic E-state index is -1.63. The van der Waals surface area contributed by atoms with Gasteiger partial charge >= 0.3 is 6.09 Å². The average Bonchev–Trinajstić information content (AvgIpc) is 2.79. The Morgan fingerprint density at radius 2 is 1.68 bits per heavy atom. The van der Waals surface area contributed by atoms with E-state index in [4.69, 9.17) is 14.2 Å². The molecule has 1 amide bonds. The zero-order valence-electron chi connectivity index (χ0n) is 23.3. The van der Waals surface area contributed by atoms with Gasteiger partial charge in [0, 0.05) is 10.8 Å². The van der Waals surface area contributed by atoms with Crippen LogP contribution in [0.1, 0.15) is 76.8 Å². The SMILES string of the molecule is COc1ccc(COCc2cc([C@@H](C)NSC(C)(C)C)cc(C3(F)CN(C(=O)OC(C)(C)C)C3)c2)cc1. The van der Waals surface area contributed by atoms with Crippen LogP contribution in [0.25, 0.3) is 0 Å². The molecule has 0 aromatic heterocycles. The molecule has 0 aliphatic carbocycles. The molecule has 1 N–H and O–H groups in total. The molecule has 3 rings (SSSR count). The first kappa shape index (κ1) is 29.3. The number of amides is 1. The van der Waals surface area contributed by atoms with Crippen molar-refractivity contribution >= 4 is 18.0 Å². The number of halogens is 1. The lowest BCUT2D eigenvalue weighted by Crippen LogP contribution is -2.59. The largest absolute Gasteiger partial charge is 0.497 e. The number of ether oxygens (including phenoxy) is 3. The quantitative estimate of drug-likeness (QED) is 0.354. The Bertz CT molecular complexity index is 1060. The number of rotatable bonds is 9. The van der Waals surface area contributed by atoms with Crippen LogP contribution in [-0.2, 0) is 28.4 Å². The van der Waals surface area contributed by atoms with Gasteiger partial charge < -0.3 is 19.1 Å². The van der Waals surface area contributed by atoms with Gasteiger partial charge in [0.15, 0.2) is 5.67 Å². The standard InChI is InChI=1S/C29H41FN2O4S/c1-20(31-37-28(5,6)7)23-13-22(17-35-16-21-9-11-25(34-8)12-10-21)14-24(15-23)29(30)18-32(19-29)26(33)36-27(2,3)4/h9-15,20,31H,16-19H2,1-8H3/t20-/m1/s1. The van der Waals surface area contributed by atoms with Crippen molar-refractivity contribution < 1.29 is 23.4 Å². The Morgan fingerprint density at radius 3 is 2.24 bits per heavy atom. The second-order valence-corrected chi connectivity index (χ2v) is 13.3. The summed E-state index contributed by atoms with van der Waals surface area (Å²) in [6.07, 6.45) is -0.489. The van der Waals surface area contributed by atoms with Gasteiger partial charge in [0.2, 0.25) is 0 Å². The van der Waals surface area contributed by atoms with Gasteiger partial charge in [-0.3, -0.25) is 4.72 Å². The third kappa shape index (κ3) is 8.62. The molecule has 1 aliphatic rings. The van der Waals surface area contributed by atoms with Crippen LogP contribution in [0, 0.1) is 0 Å². The summed E-state index contributed by atoms with van der Waals surface area (Å²) in [7, 11) is 1.64. The topological polar surface area (TPSA) is 60.0 Å². The fourth-order valence-electron chi connectivity index (χ4n) is 3.85. The second kappa shape index (κ2) is 11.6. The molecule has 0 bridgehead atoms. The van der Waals surface area contributed by atoms with Crippen LogP contribution in [-0.4, -0.2) is 41.5 Å². The van der Waals surface area contributed by atoms with E-state index in [2.05, 4.69) is 38.5 Å². The number of nitrogens with zero attached hydrogens (tertiary/aromatic N) is 1. The highest BCUT2D eigenvalue weighted by Crippen LogP contribution is 2.39. The zero-order valence-corrected chi connectivity index (χ0v) is 24.1. The molecule has 1 aliphatic heterocycles. The lowest BCUT2D eigenvalue weighted by molar-refractivity contribution is -0.0538. The van der Waals surface area contributed by atoms with Crippen LogP contribution in [0.4, 0.5) is 9.18 Å². The predicted octanol–water partition coefficient (Wildman–Crippen LogP) is 6.92. The monoisotopic (exact) mass is 532 g/mol. The molecule has 1 saturated heterocycles. The van der Waals surface area contributed by atoms with Crippen molar-refractivity contribution in [3.63, 3.8) is 0 Å². The number of hydrogen-bond donors (Lipinski definition) is 1. The highest BCUT2D eigenvalue weighted by Gasteiger charge is 2.48. The van der Waals surface area contributed by atoms with Gasteiger partial charge in [-0.2, -0.15) is 0 Å². The van der Waals surface area contributed by atoms with E-state index in [9.17, 15) is 4.79 Å². The fraction of sp³-hybridized carbons (Fsp3) is 0.552. The first-order valence-electron chi connectivity index (χ1n) is 12.6. The van der Waals surface area contributed by atoms with E-state index in [1.54, 1.807) is 39.8 Å². The van der Waals surface area contributed by atoms with Gasteiger partial charge in [0.25, 0.3) is 0 Å². The summed E-state index contributed by atoms with van der Waals surface area (Å²) in [5.41, 5.74) is 1.21. The third-order valence-electron chi connectivity index (χ3n) is 5.81. The minimum Gasteiger partial charge on any atom is -0.497 e. The Morgan fingerprint density at radius 1 is 1.05 bits per heavy atom. The van der Waals surface area contributed by atoms with Crippen LogP contribution in [0.5, 0.6) is 5.75 Å². The summed E-state index contributed by atoms with van der Waals surface area (Å²) in [6.45, 7) is 14.6. The maximum absolute atomic E-state index is 16.0. The second-order valence-electron chi connectivity index (χ2n) is 11.7. The first-order valence-corrected chi connectivity index (χ1v) is 13.4. The molecule has 2 aromatic carbocycles. The summed E-state index contributed by atoms with van der Waals surface area (Å²) in [5, 5.41) is 0. The Balaban J connectivity index is 1.75. The Kier molecular flexibility index (Phi) is 9.19. The minimum absolute atomic E-state index is 0.00449. The molecule has 1 fully saturated rings. The predicted molar refractivity (Wildman–Crippen MR) is 147 cm³/mol. The van der Waals surface area contributed by atoms with Crippen molar-refractivity contribution in [2.24, 2.45) is 0 Å². The number of carbonyl (C=O) groups excluding carboxylic acids is 1. The molecule has 0 unspecified atom stereocenters. The fourth-order valence-corrected chi connectivity index (χ4v) is 4.52. The van der Waals surface area contributed by atoms with Crippen LogP contribution < -0.4 is 9.46 Å². The lowest BCUT2D eigenvalue weighted by atomic mass is 9.85. The van der Waals surface area contributed by atoms with Gasteiger partial charge in [-0.05, 0) is 82.9 Å². The summed E-state index contributed by atoms with van der Waals surface area (Å²) in [6, 6.07) is 13.5. The van der Waals surface area contributed by atoms with Gasteiger partial charge in [0.1, 0.15) is 11.4 Å². The van der Waals surface area contributed by atoms with Crippen molar-refractivity contribution in [3.05, 3.63) is 64.7 Å². The van der Waals surface area contributed by atoms with Crippen LogP contribution >= 0.6 is 11.9 Å². The van der Waals surface area contributed by atoms with E-state index in [0.717, 1.165) is 22.4 Å². The molecule has 2 aromatic rings. The zero-order chi connectivity index (χ0) is 27.4. The van der Waals surface area contributed by atoms with Crippen LogP contribution in [0.15, 0.2) is 42.5 Å². The molecular formula is C29H41FN2O4S. The average molecular weight is 533 g/mol. The normalized spacial score (nSPS) is 16.2. The van der Waals surface area contributed by atoms with Crippen molar-refractivity contribution in [1.82, 2.24) is 9.62 Å². The first-order chi connectivity index (χ1) is 17.2. The Labute approximate surface area is 225 Å². The van der Waals surface area contributed by atoms with Crippen molar-refractivity contribution in [1.29, 1.82) is 0 Å². The molecule has 1 atom stereocenters. The van der Waals surface area contributed by atoms with Gasteiger partial charge in [-0.15, -0.1) is 0 Å². The smallest absolute Gasteiger partial charge is 0.410 e. The summed E-state index contributed by atoms with van der Waals surface area (Å²) in [5.74, 6) is 0.796. The summed E-state index contributed by atoms with van der Waals surface area (Å²) < 4.78 is 36.1. The van der Waals surface area contributed by atoms with E-state index in [1.165, 1.54) is 4.90 Å². The van der Waals surface area contributed by atoms with Crippen molar-refractivity contribution in [2.45, 2.75) is 83.7 Å². The molecule has 1 heterocycles. The number of likely N-dealkylation sites (tertiary alicyclic amines) is 1. The molecule has 8 heteroatoms. The van der Waals surface area contributed by atoms with Gasteiger partial charge in [-0.1, -0.05) is 42.3 Å². The number of methoxy groups -OCH3 is 1. The number of nitrogens with one attached hydrogen (secondary N) is 1. The van der Waals surface area contributed by atoms with E-state index in [0.29, 0.717) is 18.8 Å². The van der Waals surface area contributed by atoms with E-state index in [-0.39, 0.29) is 23.9 Å².